The van der Waals surface area contributed by atoms with E-state index in [-0.39, 0.29) is 5.91 Å². The van der Waals surface area contributed by atoms with Crippen LogP contribution in [0.5, 0.6) is 5.75 Å². The molecule has 1 amide bonds. The second kappa shape index (κ2) is 9.69. The molecular formula is C24H24N4O2. The predicted octanol–water partition coefficient (Wildman–Crippen LogP) is 3.96. The van der Waals surface area contributed by atoms with E-state index in [1.165, 1.54) is 6.33 Å². The van der Waals surface area contributed by atoms with Crippen molar-refractivity contribution in [1.29, 1.82) is 0 Å². The molecule has 0 bridgehead atoms. The normalized spacial score (nSPS) is 10.8. The largest absolute Gasteiger partial charge is 0.493 e. The highest BCUT2D eigenvalue weighted by Gasteiger charge is 2.07. The monoisotopic (exact) mass is 400 g/mol. The Bertz CT molecular complexity index is 1100. The molecule has 0 aliphatic heterocycles. The molecule has 0 saturated carbocycles. The minimum Gasteiger partial charge on any atom is -0.493 e. The van der Waals surface area contributed by atoms with Gasteiger partial charge in [0.2, 0.25) is 5.91 Å². The molecule has 0 spiro atoms. The molecule has 1 heterocycles. The molecule has 1 N–H and O–H groups in total. The molecule has 0 aliphatic carbocycles. The van der Waals surface area contributed by atoms with Crippen LogP contribution in [0.15, 0.2) is 79.4 Å². The third-order valence-corrected chi connectivity index (χ3v) is 4.95. The molecule has 30 heavy (non-hydrogen) atoms. The summed E-state index contributed by atoms with van der Waals surface area (Å²) in [7, 11) is 0. The zero-order valence-electron chi connectivity index (χ0n) is 16.7. The van der Waals surface area contributed by atoms with E-state index in [0.29, 0.717) is 32.5 Å². The molecule has 4 aromatic rings. The summed E-state index contributed by atoms with van der Waals surface area (Å²) in [5.74, 6) is 0.877. The third kappa shape index (κ3) is 5.03. The van der Waals surface area contributed by atoms with E-state index in [1.807, 2.05) is 54.6 Å². The lowest BCUT2D eigenvalue weighted by molar-refractivity contribution is -0.121. The first kappa shape index (κ1) is 19.6. The van der Waals surface area contributed by atoms with Gasteiger partial charge in [-0.15, -0.1) is 0 Å². The predicted molar refractivity (Wildman–Crippen MR) is 116 cm³/mol. The molecule has 1 aromatic heterocycles. The Hall–Kier alpha value is -3.67. The smallest absolute Gasteiger partial charge is 0.220 e. The Balaban J connectivity index is 1.24. The highest BCUT2D eigenvalue weighted by atomic mass is 16.5. The second-order valence-electron chi connectivity index (χ2n) is 7.07. The second-order valence-corrected chi connectivity index (χ2v) is 7.07. The average Bonchev–Trinajstić information content (AvgIpc) is 3.29. The summed E-state index contributed by atoms with van der Waals surface area (Å²) in [6, 6.07) is 22.2. The fourth-order valence-corrected chi connectivity index (χ4v) is 3.39. The highest BCUT2D eigenvalue weighted by Crippen LogP contribution is 2.25. The van der Waals surface area contributed by atoms with Crippen molar-refractivity contribution in [2.75, 3.05) is 6.61 Å². The van der Waals surface area contributed by atoms with E-state index in [2.05, 4.69) is 27.5 Å². The minimum atomic E-state index is 0.0204. The van der Waals surface area contributed by atoms with Crippen LogP contribution in [0.25, 0.3) is 10.8 Å². The number of nitrogens with one attached hydrogen (secondary N) is 1. The molecule has 4 rings (SSSR count). The standard InChI is InChI=1S/C24H24N4O2/c29-24(13-6-14-30-23-12-5-10-19-7-3-4-11-22(19)23)26-15-20-8-1-2-9-21(20)16-28-18-25-17-27-28/h1-5,7-12,17-18H,6,13-16H2,(H,26,29). The van der Waals surface area contributed by atoms with Crippen LogP contribution in [0.3, 0.4) is 0 Å². The van der Waals surface area contributed by atoms with Crippen LogP contribution in [-0.4, -0.2) is 27.3 Å². The Kier molecular flexibility index (Phi) is 6.35. The summed E-state index contributed by atoms with van der Waals surface area (Å²) < 4.78 is 7.68. The first-order valence-corrected chi connectivity index (χ1v) is 10.1. The number of carbonyl (C=O) groups is 1. The van der Waals surface area contributed by atoms with E-state index < -0.39 is 0 Å². The maximum atomic E-state index is 12.3. The number of benzene rings is 3. The van der Waals surface area contributed by atoms with Crippen molar-refractivity contribution in [3.05, 3.63) is 90.5 Å². The number of aromatic nitrogens is 3. The summed E-state index contributed by atoms with van der Waals surface area (Å²) in [5.41, 5.74) is 2.19. The molecule has 0 unspecified atom stereocenters. The van der Waals surface area contributed by atoms with Gasteiger partial charge in [-0.1, -0.05) is 60.7 Å². The van der Waals surface area contributed by atoms with Crippen LogP contribution in [0.1, 0.15) is 24.0 Å². The van der Waals surface area contributed by atoms with Gasteiger partial charge < -0.3 is 10.1 Å². The molecule has 6 heteroatoms. The quantitative estimate of drug-likeness (QED) is 0.432. The summed E-state index contributed by atoms with van der Waals surface area (Å²) in [4.78, 5) is 16.2. The molecule has 0 aliphatic rings. The van der Waals surface area contributed by atoms with Crippen LogP contribution >= 0.6 is 0 Å². The number of amides is 1. The number of hydrogen-bond acceptors (Lipinski definition) is 4. The first-order valence-electron chi connectivity index (χ1n) is 10.1. The summed E-state index contributed by atoms with van der Waals surface area (Å²) in [6.07, 6.45) is 4.29. The summed E-state index contributed by atoms with van der Waals surface area (Å²) >= 11 is 0. The van der Waals surface area contributed by atoms with Gasteiger partial charge in [0, 0.05) is 18.4 Å². The van der Waals surface area contributed by atoms with Crippen molar-refractivity contribution >= 4 is 16.7 Å². The molecule has 152 valence electrons. The topological polar surface area (TPSA) is 69.0 Å². The van der Waals surface area contributed by atoms with Crippen LogP contribution < -0.4 is 10.1 Å². The van der Waals surface area contributed by atoms with E-state index in [1.54, 1.807) is 11.0 Å². The maximum Gasteiger partial charge on any atom is 0.220 e. The number of fused-ring (bicyclic) bond motifs is 1. The molecule has 0 radical (unpaired) electrons. The lowest BCUT2D eigenvalue weighted by Crippen LogP contribution is -2.23. The van der Waals surface area contributed by atoms with Crippen LogP contribution in [0, 0.1) is 0 Å². The van der Waals surface area contributed by atoms with Crippen molar-refractivity contribution in [1.82, 2.24) is 20.1 Å². The number of rotatable bonds is 9. The van der Waals surface area contributed by atoms with Crippen molar-refractivity contribution in [2.45, 2.75) is 25.9 Å². The Morgan fingerprint density at radius 3 is 2.63 bits per heavy atom. The SMILES string of the molecule is O=C(CCCOc1cccc2ccccc12)NCc1ccccc1Cn1cncn1. The van der Waals surface area contributed by atoms with Crippen LogP contribution in [-0.2, 0) is 17.9 Å². The van der Waals surface area contributed by atoms with Gasteiger partial charge in [-0.05, 0) is 29.0 Å². The zero-order chi connectivity index (χ0) is 20.6. The molecule has 0 saturated heterocycles. The van der Waals surface area contributed by atoms with Gasteiger partial charge in [0.1, 0.15) is 18.4 Å². The summed E-state index contributed by atoms with van der Waals surface area (Å²) in [5, 5.41) is 9.39. The molecule has 0 fully saturated rings. The maximum absolute atomic E-state index is 12.3. The number of nitrogens with zero attached hydrogens (tertiary/aromatic N) is 3. The third-order valence-electron chi connectivity index (χ3n) is 4.95. The Morgan fingerprint density at radius 2 is 1.77 bits per heavy atom. The van der Waals surface area contributed by atoms with Gasteiger partial charge in [0.25, 0.3) is 0 Å². The lowest BCUT2D eigenvalue weighted by Gasteiger charge is -2.11. The van der Waals surface area contributed by atoms with Gasteiger partial charge in [-0.2, -0.15) is 5.10 Å². The van der Waals surface area contributed by atoms with Crippen molar-refractivity contribution in [3.8, 4) is 5.75 Å². The molecule has 3 aromatic carbocycles. The van der Waals surface area contributed by atoms with Gasteiger partial charge in [-0.25, -0.2) is 9.67 Å². The van der Waals surface area contributed by atoms with Crippen molar-refractivity contribution in [2.24, 2.45) is 0 Å². The fraction of sp³-hybridized carbons (Fsp3) is 0.208. The van der Waals surface area contributed by atoms with E-state index in [4.69, 9.17) is 4.74 Å². The molecule has 6 nitrogen and oxygen atoms in total. The lowest BCUT2D eigenvalue weighted by atomic mass is 10.1. The van der Waals surface area contributed by atoms with Crippen molar-refractivity contribution < 1.29 is 9.53 Å². The van der Waals surface area contributed by atoms with Gasteiger partial charge in [0.15, 0.2) is 0 Å². The van der Waals surface area contributed by atoms with E-state index in [9.17, 15) is 4.79 Å². The summed E-state index contributed by atoms with van der Waals surface area (Å²) in [6.45, 7) is 1.63. The van der Waals surface area contributed by atoms with Gasteiger partial charge >= 0.3 is 0 Å². The zero-order valence-corrected chi connectivity index (χ0v) is 16.7. The number of hydrogen-bond donors (Lipinski definition) is 1. The number of ether oxygens (including phenoxy) is 1. The van der Waals surface area contributed by atoms with Crippen LogP contribution in [0.2, 0.25) is 0 Å². The van der Waals surface area contributed by atoms with Gasteiger partial charge in [0.05, 0.1) is 13.2 Å². The Morgan fingerprint density at radius 1 is 0.967 bits per heavy atom. The average molecular weight is 400 g/mol. The minimum absolute atomic E-state index is 0.0204. The fourth-order valence-electron chi connectivity index (χ4n) is 3.39. The number of carbonyl (C=O) groups excluding carboxylic acids is 1. The van der Waals surface area contributed by atoms with E-state index >= 15 is 0 Å². The van der Waals surface area contributed by atoms with Crippen molar-refractivity contribution in [3.63, 3.8) is 0 Å². The Labute approximate surface area is 175 Å². The molecule has 0 atom stereocenters. The van der Waals surface area contributed by atoms with E-state index in [0.717, 1.165) is 27.6 Å². The highest BCUT2D eigenvalue weighted by molar-refractivity contribution is 5.88. The first-order chi connectivity index (χ1) is 14.8. The van der Waals surface area contributed by atoms with Crippen LogP contribution in [0.4, 0.5) is 0 Å². The molecular weight excluding hydrogens is 376 g/mol. The van der Waals surface area contributed by atoms with Gasteiger partial charge in [-0.3, -0.25) is 4.79 Å².